The molecule has 0 saturated heterocycles. The predicted octanol–water partition coefficient (Wildman–Crippen LogP) is 3.89. The number of benzene rings is 2. The minimum Gasteiger partial charge on any atom is -0.452 e. The third-order valence-electron chi connectivity index (χ3n) is 4.66. The lowest BCUT2D eigenvalue weighted by Crippen LogP contribution is -2.21. The largest absolute Gasteiger partial charge is 0.452 e. The van der Waals surface area contributed by atoms with E-state index in [1.807, 2.05) is 44.2 Å². The Labute approximate surface area is 180 Å². The van der Waals surface area contributed by atoms with Crippen molar-refractivity contribution in [1.82, 2.24) is 9.78 Å². The molecule has 0 unspecified atom stereocenters. The van der Waals surface area contributed by atoms with Crippen molar-refractivity contribution in [3.05, 3.63) is 83.2 Å². The van der Waals surface area contributed by atoms with Crippen LogP contribution in [0.5, 0.6) is 0 Å². The Bertz CT molecular complexity index is 1150. The number of esters is 1. The Morgan fingerprint density at radius 1 is 1.03 bits per heavy atom. The Hall–Kier alpha value is -4.00. The molecule has 0 bridgehead atoms. The molecule has 1 amide bonds. The molecular formula is C24H23N3O4. The average molecular weight is 417 g/mol. The Balaban J connectivity index is 1.61. The zero-order chi connectivity index (χ0) is 22.4. The molecule has 0 aliphatic rings. The van der Waals surface area contributed by atoms with Crippen LogP contribution < -0.4 is 5.32 Å². The van der Waals surface area contributed by atoms with Gasteiger partial charge in [-0.3, -0.25) is 9.59 Å². The molecule has 158 valence electrons. The van der Waals surface area contributed by atoms with Crippen LogP contribution in [0.15, 0.2) is 60.7 Å². The standard InChI is InChI=1S/C24H23N3O4/c1-16-20(17(2)27(26-16)19-9-5-4-6-10-19)13-14-24(30)31-15-23(29)25-22-12-8-7-11-21(22)18(3)28/h4-14H,15H2,1-3H3,(H,25,29)/b14-13+. The monoisotopic (exact) mass is 417 g/mol. The van der Waals surface area contributed by atoms with E-state index in [0.29, 0.717) is 11.3 Å². The molecule has 31 heavy (non-hydrogen) atoms. The zero-order valence-corrected chi connectivity index (χ0v) is 17.6. The second-order valence-electron chi connectivity index (χ2n) is 6.92. The van der Waals surface area contributed by atoms with E-state index in [4.69, 9.17) is 4.74 Å². The van der Waals surface area contributed by atoms with Crippen LogP contribution in [0.1, 0.15) is 34.2 Å². The lowest BCUT2D eigenvalue weighted by Gasteiger charge is -2.08. The molecule has 0 spiro atoms. The Morgan fingerprint density at radius 2 is 1.71 bits per heavy atom. The van der Waals surface area contributed by atoms with E-state index in [1.54, 1.807) is 35.0 Å². The minimum atomic E-state index is -0.652. The number of aromatic nitrogens is 2. The van der Waals surface area contributed by atoms with Crippen LogP contribution in [-0.4, -0.2) is 34.0 Å². The van der Waals surface area contributed by atoms with Gasteiger partial charge in [0.1, 0.15) is 0 Å². The summed E-state index contributed by atoms with van der Waals surface area (Å²) >= 11 is 0. The summed E-state index contributed by atoms with van der Waals surface area (Å²) in [5, 5.41) is 7.11. The molecule has 0 fully saturated rings. The van der Waals surface area contributed by atoms with Crippen molar-refractivity contribution in [2.75, 3.05) is 11.9 Å². The fourth-order valence-corrected chi connectivity index (χ4v) is 3.14. The maximum absolute atomic E-state index is 12.1. The molecule has 0 saturated carbocycles. The van der Waals surface area contributed by atoms with E-state index in [1.165, 1.54) is 13.0 Å². The summed E-state index contributed by atoms with van der Waals surface area (Å²) in [6.07, 6.45) is 2.89. The van der Waals surface area contributed by atoms with Crippen molar-refractivity contribution in [2.24, 2.45) is 0 Å². The number of carbonyl (C=O) groups is 3. The summed E-state index contributed by atoms with van der Waals surface area (Å²) in [5.41, 5.74) is 4.15. The minimum absolute atomic E-state index is 0.169. The second kappa shape index (κ2) is 9.67. The molecule has 0 aliphatic heterocycles. The number of anilines is 1. The number of nitrogens with zero attached hydrogens (tertiary/aromatic N) is 2. The number of carbonyl (C=O) groups excluding carboxylic acids is 3. The van der Waals surface area contributed by atoms with E-state index in [9.17, 15) is 14.4 Å². The number of hydrogen-bond donors (Lipinski definition) is 1. The summed E-state index contributed by atoms with van der Waals surface area (Å²) in [4.78, 5) is 35.8. The molecule has 0 radical (unpaired) electrons. The first-order valence-corrected chi connectivity index (χ1v) is 9.73. The van der Waals surface area contributed by atoms with Gasteiger partial charge in [0.25, 0.3) is 5.91 Å². The molecule has 0 atom stereocenters. The molecule has 7 heteroatoms. The van der Waals surface area contributed by atoms with Crippen molar-refractivity contribution < 1.29 is 19.1 Å². The third-order valence-corrected chi connectivity index (χ3v) is 4.66. The smallest absolute Gasteiger partial charge is 0.331 e. The van der Waals surface area contributed by atoms with Crippen molar-refractivity contribution in [1.29, 1.82) is 0 Å². The molecule has 7 nitrogen and oxygen atoms in total. The quantitative estimate of drug-likeness (QED) is 0.358. The van der Waals surface area contributed by atoms with Gasteiger partial charge >= 0.3 is 5.97 Å². The van der Waals surface area contributed by atoms with Crippen LogP contribution in [0.2, 0.25) is 0 Å². The first kappa shape index (κ1) is 21.7. The van der Waals surface area contributed by atoms with Gasteiger partial charge in [-0.2, -0.15) is 5.10 Å². The Morgan fingerprint density at radius 3 is 2.42 bits per heavy atom. The van der Waals surface area contributed by atoms with Crippen LogP contribution in [0.3, 0.4) is 0 Å². The summed E-state index contributed by atoms with van der Waals surface area (Å²) in [5.74, 6) is -1.35. The maximum Gasteiger partial charge on any atom is 0.331 e. The van der Waals surface area contributed by atoms with Crippen LogP contribution in [-0.2, 0) is 14.3 Å². The van der Waals surface area contributed by atoms with Crippen LogP contribution in [0.25, 0.3) is 11.8 Å². The van der Waals surface area contributed by atoms with E-state index in [2.05, 4.69) is 10.4 Å². The van der Waals surface area contributed by atoms with Crippen molar-refractivity contribution in [2.45, 2.75) is 20.8 Å². The number of nitrogens with one attached hydrogen (secondary N) is 1. The molecule has 1 heterocycles. The van der Waals surface area contributed by atoms with E-state index in [0.717, 1.165) is 22.6 Å². The first-order chi connectivity index (χ1) is 14.9. The molecule has 1 aromatic heterocycles. The van der Waals surface area contributed by atoms with Gasteiger partial charge in [-0.05, 0) is 51.1 Å². The van der Waals surface area contributed by atoms with E-state index < -0.39 is 18.5 Å². The van der Waals surface area contributed by atoms with Gasteiger partial charge < -0.3 is 10.1 Å². The summed E-state index contributed by atoms with van der Waals surface area (Å²) in [6.45, 7) is 4.73. The summed E-state index contributed by atoms with van der Waals surface area (Å²) < 4.78 is 6.83. The topological polar surface area (TPSA) is 90.3 Å². The number of para-hydroxylation sites is 2. The molecule has 3 aromatic rings. The van der Waals surface area contributed by atoms with Gasteiger partial charge in [0.05, 0.1) is 17.1 Å². The number of ketones is 1. The highest BCUT2D eigenvalue weighted by molar-refractivity contribution is 6.04. The lowest BCUT2D eigenvalue weighted by atomic mass is 10.1. The highest BCUT2D eigenvalue weighted by Gasteiger charge is 2.13. The molecule has 2 aromatic carbocycles. The van der Waals surface area contributed by atoms with Gasteiger partial charge in [-0.25, -0.2) is 9.48 Å². The fraction of sp³-hybridized carbons (Fsp3) is 0.167. The summed E-state index contributed by atoms with van der Waals surface area (Å²) in [7, 11) is 0. The number of rotatable bonds is 7. The second-order valence-corrected chi connectivity index (χ2v) is 6.92. The zero-order valence-electron chi connectivity index (χ0n) is 17.6. The Kier molecular flexibility index (Phi) is 6.77. The van der Waals surface area contributed by atoms with E-state index >= 15 is 0 Å². The lowest BCUT2D eigenvalue weighted by molar-refractivity contribution is -0.142. The fourth-order valence-electron chi connectivity index (χ4n) is 3.14. The van der Waals surface area contributed by atoms with Crippen LogP contribution in [0.4, 0.5) is 5.69 Å². The van der Waals surface area contributed by atoms with Gasteiger partial charge in [0.15, 0.2) is 12.4 Å². The molecule has 0 aliphatic carbocycles. The molecule has 3 rings (SSSR count). The molecule has 1 N–H and O–H groups in total. The first-order valence-electron chi connectivity index (χ1n) is 9.73. The van der Waals surface area contributed by atoms with Gasteiger partial charge in [-0.15, -0.1) is 0 Å². The number of aryl methyl sites for hydroxylation is 1. The molecular weight excluding hydrogens is 394 g/mol. The van der Waals surface area contributed by atoms with E-state index in [-0.39, 0.29) is 5.78 Å². The highest BCUT2D eigenvalue weighted by Crippen LogP contribution is 2.19. The van der Waals surface area contributed by atoms with Gasteiger partial charge in [0, 0.05) is 22.9 Å². The number of ether oxygens (including phenoxy) is 1. The number of hydrogen-bond acceptors (Lipinski definition) is 5. The van der Waals surface area contributed by atoms with Crippen molar-refractivity contribution >= 4 is 29.4 Å². The number of amides is 1. The van der Waals surface area contributed by atoms with Gasteiger partial charge in [-0.1, -0.05) is 30.3 Å². The SMILES string of the molecule is CC(=O)c1ccccc1NC(=O)COC(=O)/C=C/c1c(C)nn(-c2ccccc2)c1C. The average Bonchev–Trinajstić information content (AvgIpc) is 3.05. The third kappa shape index (κ3) is 5.33. The normalized spacial score (nSPS) is 10.8. The van der Waals surface area contributed by atoms with Crippen LogP contribution in [0, 0.1) is 13.8 Å². The highest BCUT2D eigenvalue weighted by atomic mass is 16.5. The predicted molar refractivity (Wildman–Crippen MR) is 118 cm³/mol. The van der Waals surface area contributed by atoms with Crippen molar-refractivity contribution in [3.63, 3.8) is 0 Å². The summed E-state index contributed by atoms with van der Waals surface area (Å²) in [6, 6.07) is 16.3. The van der Waals surface area contributed by atoms with Gasteiger partial charge in [0.2, 0.25) is 0 Å². The van der Waals surface area contributed by atoms with Crippen LogP contribution >= 0.6 is 0 Å². The van der Waals surface area contributed by atoms with Crippen molar-refractivity contribution in [3.8, 4) is 5.69 Å². The number of Topliss-reactive ketones (excluding diaryl/α,β-unsaturated/α-hetero) is 1. The maximum atomic E-state index is 12.1.